The normalized spacial score (nSPS) is 24.9. The van der Waals surface area contributed by atoms with Crippen LogP contribution in [0.2, 0.25) is 0 Å². The lowest BCUT2D eigenvalue weighted by molar-refractivity contribution is -0.168. The van der Waals surface area contributed by atoms with Gasteiger partial charge in [0.05, 0.1) is 25.7 Å². The van der Waals surface area contributed by atoms with Gasteiger partial charge in [0.15, 0.2) is 0 Å². The highest BCUT2D eigenvalue weighted by atomic mass is 16.6. The lowest BCUT2D eigenvalue weighted by Gasteiger charge is -2.48. The monoisotopic (exact) mass is 358 g/mol. The minimum Gasteiger partial charge on any atom is -0.469 e. The second-order valence-corrected chi connectivity index (χ2v) is 7.37. The second-order valence-electron chi connectivity index (χ2n) is 7.37. The zero-order valence-corrected chi connectivity index (χ0v) is 15.5. The van der Waals surface area contributed by atoms with Crippen molar-refractivity contribution in [3.63, 3.8) is 0 Å². The minimum absolute atomic E-state index is 0.0342. The highest BCUT2D eigenvalue weighted by Gasteiger charge is 2.44. The van der Waals surface area contributed by atoms with Crippen molar-refractivity contribution in [3.8, 4) is 0 Å². The van der Waals surface area contributed by atoms with Crippen molar-refractivity contribution < 1.29 is 28.6 Å². The largest absolute Gasteiger partial charge is 0.469 e. The van der Waals surface area contributed by atoms with Gasteiger partial charge < -0.3 is 25.7 Å². The summed E-state index contributed by atoms with van der Waals surface area (Å²) in [6.07, 6.45) is 3.74. The van der Waals surface area contributed by atoms with Gasteiger partial charge in [-0.05, 0) is 25.2 Å². The quantitative estimate of drug-likeness (QED) is 0.501. The third kappa shape index (κ3) is 5.76. The van der Waals surface area contributed by atoms with Gasteiger partial charge in [0.25, 0.3) is 0 Å². The molecule has 1 unspecified atom stereocenters. The summed E-state index contributed by atoms with van der Waals surface area (Å²) < 4.78 is 15.0. The van der Waals surface area contributed by atoms with Crippen molar-refractivity contribution in [1.82, 2.24) is 0 Å². The molecule has 0 bridgehead atoms. The van der Waals surface area contributed by atoms with Crippen LogP contribution in [0.3, 0.4) is 0 Å². The van der Waals surface area contributed by atoms with Crippen LogP contribution in [0, 0.1) is 5.41 Å². The van der Waals surface area contributed by atoms with E-state index in [4.69, 9.17) is 16.2 Å². The van der Waals surface area contributed by atoms with Crippen LogP contribution in [-0.4, -0.2) is 49.3 Å². The average molecular weight is 358 g/mol. The molecule has 3 atom stereocenters. The van der Waals surface area contributed by atoms with Gasteiger partial charge in [-0.2, -0.15) is 0 Å². The molecule has 8 heteroatoms. The summed E-state index contributed by atoms with van der Waals surface area (Å²) in [4.78, 5) is 34.7. The molecule has 0 saturated heterocycles. The summed E-state index contributed by atoms with van der Waals surface area (Å²) >= 11 is 0. The number of nitrogens with two attached hydrogens (primary N) is 2. The number of hydrogen-bond acceptors (Lipinski definition) is 8. The Hall–Kier alpha value is -1.51. The van der Waals surface area contributed by atoms with Crippen LogP contribution in [0.25, 0.3) is 0 Å². The molecule has 4 N–H and O–H groups in total. The number of carbonyl (C=O) groups is 3. The molecule has 1 fully saturated rings. The van der Waals surface area contributed by atoms with Crippen molar-refractivity contribution in [2.24, 2.45) is 16.9 Å². The van der Waals surface area contributed by atoms with E-state index in [0.717, 1.165) is 25.7 Å². The Bertz CT molecular complexity index is 507. The van der Waals surface area contributed by atoms with E-state index < -0.39 is 35.6 Å². The van der Waals surface area contributed by atoms with Gasteiger partial charge in [-0.15, -0.1) is 0 Å². The number of ether oxygens (including phenoxy) is 3. The molecule has 1 rings (SSSR count). The maximum absolute atomic E-state index is 11.9. The van der Waals surface area contributed by atoms with E-state index >= 15 is 0 Å². The first-order chi connectivity index (χ1) is 11.5. The fourth-order valence-electron chi connectivity index (χ4n) is 2.84. The summed E-state index contributed by atoms with van der Waals surface area (Å²) in [6.45, 7) is 6.22. The first-order valence-electron chi connectivity index (χ1n) is 8.50. The van der Waals surface area contributed by atoms with Crippen molar-refractivity contribution in [1.29, 1.82) is 0 Å². The van der Waals surface area contributed by atoms with E-state index in [0.29, 0.717) is 0 Å². The van der Waals surface area contributed by atoms with E-state index in [9.17, 15) is 14.4 Å². The summed E-state index contributed by atoms with van der Waals surface area (Å²) in [6, 6.07) is -2.39. The highest BCUT2D eigenvalue weighted by Crippen LogP contribution is 2.45. The fraction of sp³-hybridized carbons (Fsp3) is 0.824. The molecular weight excluding hydrogens is 328 g/mol. The third-order valence-corrected chi connectivity index (χ3v) is 5.14. The van der Waals surface area contributed by atoms with Crippen LogP contribution in [0.5, 0.6) is 0 Å². The SMILES string of the molecule is COC(=O)C[C@H](N)C(=O)OC(=O)[C@@H](N)COC1(C)CCCCC1(C)C. The van der Waals surface area contributed by atoms with Crippen molar-refractivity contribution in [2.45, 2.75) is 70.6 Å². The van der Waals surface area contributed by atoms with Gasteiger partial charge >= 0.3 is 17.9 Å². The number of carbonyl (C=O) groups excluding carboxylic acids is 3. The standard InChI is InChI=1S/C17H30N2O6/c1-16(2)7-5-6-8-17(16,3)24-10-12(19)15(22)25-14(21)11(18)9-13(20)23-4/h11-12H,5-10,18-19H2,1-4H3/t11-,12-,17?/m0/s1. The van der Waals surface area contributed by atoms with Gasteiger partial charge in [0.1, 0.15) is 12.1 Å². The topological polar surface area (TPSA) is 131 Å². The van der Waals surface area contributed by atoms with E-state index in [2.05, 4.69) is 23.3 Å². The molecule has 1 aliphatic rings. The van der Waals surface area contributed by atoms with Gasteiger partial charge in [-0.25, -0.2) is 9.59 Å². The fourth-order valence-corrected chi connectivity index (χ4v) is 2.84. The molecule has 25 heavy (non-hydrogen) atoms. The molecule has 8 nitrogen and oxygen atoms in total. The predicted octanol–water partition coefficient (Wildman–Crippen LogP) is 0.649. The molecule has 0 heterocycles. The van der Waals surface area contributed by atoms with E-state index in [1.807, 2.05) is 6.92 Å². The summed E-state index contributed by atoms with van der Waals surface area (Å²) in [7, 11) is 1.17. The molecule has 0 amide bonds. The van der Waals surface area contributed by atoms with Gasteiger partial charge in [0.2, 0.25) is 0 Å². The van der Waals surface area contributed by atoms with Crippen LogP contribution in [0.15, 0.2) is 0 Å². The number of methoxy groups -OCH3 is 1. The van der Waals surface area contributed by atoms with Crippen molar-refractivity contribution in [3.05, 3.63) is 0 Å². The molecule has 0 aliphatic heterocycles. The Labute approximate surface area is 148 Å². The van der Waals surface area contributed by atoms with Crippen LogP contribution in [0.1, 0.15) is 52.9 Å². The first kappa shape index (κ1) is 21.5. The first-order valence-corrected chi connectivity index (χ1v) is 8.50. The molecule has 0 spiro atoms. The maximum atomic E-state index is 11.9. The minimum atomic E-state index is -1.28. The van der Waals surface area contributed by atoms with Gasteiger partial charge in [-0.1, -0.05) is 26.7 Å². The molecule has 0 aromatic heterocycles. The average Bonchev–Trinajstić information content (AvgIpc) is 2.55. The zero-order chi connectivity index (χ0) is 19.3. The second kappa shape index (κ2) is 8.73. The van der Waals surface area contributed by atoms with Crippen LogP contribution in [-0.2, 0) is 28.6 Å². The lowest BCUT2D eigenvalue weighted by atomic mass is 9.66. The summed E-state index contributed by atoms with van der Waals surface area (Å²) in [5.74, 6) is -2.62. The van der Waals surface area contributed by atoms with E-state index in [-0.39, 0.29) is 18.4 Å². The zero-order valence-electron chi connectivity index (χ0n) is 15.5. The number of hydrogen-bond donors (Lipinski definition) is 2. The molecule has 1 aliphatic carbocycles. The van der Waals surface area contributed by atoms with E-state index in [1.54, 1.807) is 0 Å². The van der Waals surface area contributed by atoms with Gasteiger partial charge in [0, 0.05) is 0 Å². The molecular formula is C17H30N2O6. The molecule has 0 aromatic rings. The summed E-state index contributed by atoms with van der Waals surface area (Å²) in [5.41, 5.74) is 10.8. The molecule has 144 valence electrons. The molecule has 0 aromatic carbocycles. The Balaban J connectivity index is 2.51. The van der Waals surface area contributed by atoms with Crippen LogP contribution >= 0.6 is 0 Å². The Morgan fingerprint density at radius 3 is 2.12 bits per heavy atom. The van der Waals surface area contributed by atoms with Crippen LogP contribution in [0.4, 0.5) is 0 Å². The highest BCUT2D eigenvalue weighted by molar-refractivity contribution is 5.92. The van der Waals surface area contributed by atoms with Crippen molar-refractivity contribution >= 4 is 17.9 Å². The molecule has 1 saturated carbocycles. The molecule has 0 radical (unpaired) electrons. The smallest absolute Gasteiger partial charge is 0.333 e. The van der Waals surface area contributed by atoms with Gasteiger partial charge in [-0.3, -0.25) is 4.79 Å². The Morgan fingerprint density at radius 2 is 1.56 bits per heavy atom. The Morgan fingerprint density at radius 1 is 1.00 bits per heavy atom. The maximum Gasteiger partial charge on any atom is 0.333 e. The Kier molecular flexibility index (Phi) is 7.52. The number of rotatable bonds is 7. The predicted molar refractivity (Wildman–Crippen MR) is 90.3 cm³/mol. The van der Waals surface area contributed by atoms with Crippen molar-refractivity contribution in [2.75, 3.05) is 13.7 Å². The van der Waals surface area contributed by atoms with Crippen LogP contribution < -0.4 is 11.5 Å². The third-order valence-electron chi connectivity index (χ3n) is 5.14. The number of esters is 3. The summed E-state index contributed by atoms with van der Waals surface area (Å²) in [5, 5.41) is 0. The van der Waals surface area contributed by atoms with E-state index in [1.165, 1.54) is 7.11 Å². The lowest BCUT2D eigenvalue weighted by Crippen LogP contribution is -2.50.